The molecule has 1 aliphatic rings. The van der Waals surface area contributed by atoms with Gasteiger partial charge in [0.2, 0.25) is 5.92 Å². The highest BCUT2D eigenvalue weighted by molar-refractivity contribution is 5.22. The molecule has 62 valence electrons. The summed E-state index contributed by atoms with van der Waals surface area (Å²) >= 11 is 0. The van der Waals surface area contributed by atoms with Crippen LogP contribution in [0.1, 0.15) is 26.2 Å². The summed E-state index contributed by atoms with van der Waals surface area (Å²) in [4.78, 5) is 0. The van der Waals surface area contributed by atoms with Gasteiger partial charge in [-0.15, -0.1) is 0 Å². The third kappa shape index (κ3) is 3.30. The highest BCUT2D eigenvalue weighted by atomic mass is 19.3. The van der Waals surface area contributed by atoms with Crippen LogP contribution in [0, 0.1) is 0 Å². The van der Waals surface area contributed by atoms with E-state index in [2.05, 4.69) is 0 Å². The van der Waals surface area contributed by atoms with Crippen LogP contribution in [0.3, 0.4) is 0 Å². The van der Waals surface area contributed by atoms with Gasteiger partial charge in [0.25, 0.3) is 0 Å². The van der Waals surface area contributed by atoms with E-state index in [4.69, 9.17) is 0 Å². The third-order valence-electron chi connectivity index (χ3n) is 1.73. The van der Waals surface area contributed by atoms with Gasteiger partial charge in [0.15, 0.2) is 0 Å². The molecule has 0 aromatic carbocycles. The van der Waals surface area contributed by atoms with Crippen LogP contribution in [0.2, 0.25) is 0 Å². The lowest BCUT2D eigenvalue weighted by Crippen LogP contribution is -2.08. The van der Waals surface area contributed by atoms with Crippen molar-refractivity contribution >= 4 is 0 Å². The number of alkyl halides is 2. The smallest absolute Gasteiger partial charge is 0.207 e. The van der Waals surface area contributed by atoms with Crippen molar-refractivity contribution in [2.24, 2.45) is 0 Å². The van der Waals surface area contributed by atoms with E-state index in [1.165, 1.54) is 0 Å². The minimum atomic E-state index is -2.51. The fourth-order valence-corrected chi connectivity index (χ4v) is 1.06. The predicted molar refractivity (Wildman–Crippen MR) is 41.7 cm³/mol. The topological polar surface area (TPSA) is 0 Å². The summed E-state index contributed by atoms with van der Waals surface area (Å²) < 4.78 is 24.7. The first-order valence-corrected chi connectivity index (χ1v) is 3.80. The Bertz CT molecular complexity index is 184. The summed E-state index contributed by atoms with van der Waals surface area (Å²) in [6, 6.07) is 0. The molecule has 0 aliphatic heterocycles. The molecule has 0 heterocycles. The minimum Gasteiger partial charge on any atom is -0.207 e. The van der Waals surface area contributed by atoms with Crippen molar-refractivity contribution in [2.75, 3.05) is 0 Å². The summed E-state index contributed by atoms with van der Waals surface area (Å²) in [5, 5.41) is 0. The van der Waals surface area contributed by atoms with E-state index < -0.39 is 5.92 Å². The molecule has 1 rings (SSSR count). The van der Waals surface area contributed by atoms with E-state index in [1.807, 2.05) is 18.2 Å². The lowest BCUT2D eigenvalue weighted by molar-refractivity contribution is 0.0132. The van der Waals surface area contributed by atoms with Crippen LogP contribution in [-0.4, -0.2) is 5.92 Å². The second-order valence-corrected chi connectivity index (χ2v) is 3.03. The Morgan fingerprint density at radius 2 is 2.27 bits per heavy atom. The van der Waals surface area contributed by atoms with E-state index in [0.717, 1.165) is 18.9 Å². The van der Waals surface area contributed by atoms with Crippen molar-refractivity contribution in [3.8, 4) is 0 Å². The zero-order valence-electron chi connectivity index (χ0n) is 6.61. The molecule has 0 saturated carbocycles. The number of rotatable bonds is 3. The van der Waals surface area contributed by atoms with E-state index in [-0.39, 0.29) is 6.42 Å². The SMILES string of the molecule is CC(F)(F)CCC1=CC=CC1. The van der Waals surface area contributed by atoms with Gasteiger partial charge in [0, 0.05) is 6.42 Å². The van der Waals surface area contributed by atoms with Crippen molar-refractivity contribution in [3.63, 3.8) is 0 Å². The molecular weight excluding hydrogens is 146 g/mol. The third-order valence-corrected chi connectivity index (χ3v) is 1.73. The second-order valence-electron chi connectivity index (χ2n) is 3.03. The van der Waals surface area contributed by atoms with Crippen LogP contribution in [0.15, 0.2) is 23.8 Å². The summed E-state index contributed by atoms with van der Waals surface area (Å²) in [6.45, 7) is 0.968. The van der Waals surface area contributed by atoms with Crippen molar-refractivity contribution in [3.05, 3.63) is 23.8 Å². The zero-order valence-corrected chi connectivity index (χ0v) is 6.61. The fraction of sp³-hybridized carbons (Fsp3) is 0.556. The summed E-state index contributed by atoms with van der Waals surface area (Å²) in [7, 11) is 0. The van der Waals surface area contributed by atoms with Gasteiger partial charge in [0.1, 0.15) is 0 Å². The van der Waals surface area contributed by atoms with Crippen LogP contribution in [0.4, 0.5) is 8.78 Å². The Kier molecular flexibility index (Phi) is 2.42. The highest BCUT2D eigenvalue weighted by Crippen LogP contribution is 2.24. The van der Waals surface area contributed by atoms with E-state index >= 15 is 0 Å². The first-order chi connectivity index (χ1) is 5.08. The van der Waals surface area contributed by atoms with Crippen LogP contribution < -0.4 is 0 Å². The van der Waals surface area contributed by atoms with E-state index in [1.54, 1.807) is 0 Å². The second kappa shape index (κ2) is 3.16. The molecule has 0 amide bonds. The molecule has 0 atom stereocenters. The van der Waals surface area contributed by atoms with Crippen LogP contribution in [0.25, 0.3) is 0 Å². The van der Waals surface area contributed by atoms with Gasteiger partial charge in [-0.1, -0.05) is 23.8 Å². The first kappa shape index (κ1) is 8.44. The number of hydrogen-bond donors (Lipinski definition) is 0. The molecule has 2 heteroatoms. The van der Waals surface area contributed by atoms with E-state index in [0.29, 0.717) is 6.42 Å². The van der Waals surface area contributed by atoms with Crippen molar-refractivity contribution in [2.45, 2.75) is 32.1 Å². The highest BCUT2D eigenvalue weighted by Gasteiger charge is 2.20. The van der Waals surface area contributed by atoms with Gasteiger partial charge in [-0.2, -0.15) is 0 Å². The summed E-state index contributed by atoms with van der Waals surface area (Å²) in [5.41, 5.74) is 1.12. The lowest BCUT2D eigenvalue weighted by Gasteiger charge is -2.09. The Balaban J connectivity index is 2.23. The lowest BCUT2D eigenvalue weighted by atomic mass is 10.1. The molecule has 1 aliphatic carbocycles. The maximum Gasteiger partial charge on any atom is 0.245 e. The molecule has 0 unspecified atom stereocenters. The van der Waals surface area contributed by atoms with Crippen molar-refractivity contribution in [1.29, 1.82) is 0 Å². The van der Waals surface area contributed by atoms with Gasteiger partial charge in [0.05, 0.1) is 0 Å². The molecule has 0 radical (unpaired) electrons. The summed E-state index contributed by atoms with van der Waals surface area (Å²) in [6.07, 6.45) is 7.19. The summed E-state index contributed by atoms with van der Waals surface area (Å²) in [5.74, 6) is -2.51. The molecule has 0 aromatic rings. The Hall–Kier alpha value is -0.660. The number of hydrogen-bond acceptors (Lipinski definition) is 0. The molecule has 0 nitrogen and oxygen atoms in total. The minimum absolute atomic E-state index is 0.0273. The van der Waals surface area contributed by atoms with Gasteiger partial charge in [-0.3, -0.25) is 0 Å². The van der Waals surface area contributed by atoms with Gasteiger partial charge in [-0.05, 0) is 19.8 Å². The molecule has 0 fully saturated rings. The number of halogens is 2. The first-order valence-electron chi connectivity index (χ1n) is 3.80. The van der Waals surface area contributed by atoms with Crippen molar-refractivity contribution < 1.29 is 8.78 Å². The normalized spacial score (nSPS) is 17.2. The zero-order chi connectivity index (χ0) is 8.32. The average Bonchev–Trinajstić information content (AvgIpc) is 2.32. The number of allylic oxidation sites excluding steroid dienone is 4. The standard InChI is InChI=1S/C9H12F2/c1-9(10,11)7-6-8-4-2-3-5-8/h2-4H,5-7H2,1H3. The Labute approximate surface area is 65.6 Å². The van der Waals surface area contributed by atoms with Gasteiger partial charge < -0.3 is 0 Å². The van der Waals surface area contributed by atoms with Crippen LogP contribution in [0.5, 0.6) is 0 Å². The molecule has 0 aromatic heterocycles. The fourth-order valence-electron chi connectivity index (χ4n) is 1.06. The monoisotopic (exact) mass is 158 g/mol. The molecule has 11 heavy (non-hydrogen) atoms. The molecule has 0 bridgehead atoms. The largest absolute Gasteiger partial charge is 0.245 e. The average molecular weight is 158 g/mol. The van der Waals surface area contributed by atoms with Gasteiger partial charge in [-0.25, -0.2) is 8.78 Å². The Morgan fingerprint density at radius 1 is 1.55 bits per heavy atom. The van der Waals surface area contributed by atoms with Crippen molar-refractivity contribution in [1.82, 2.24) is 0 Å². The quantitative estimate of drug-likeness (QED) is 0.591. The Morgan fingerprint density at radius 3 is 2.73 bits per heavy atom. The molecule has 0 N–H and O–H groups in total. The van der Waals surface area contributed by atoms with Crippen LogP contribution in [-0.2, 0) is 0 Å². The van der Waals surface area contributed by atoms with E-state index in [9.17, 15) is 8.78 Å². The van der Waals surface area contributed by atoms with Crippen LogP contribution >= 0.6 is 0 Å². The van der Waals surface area contributed by atoms with Gasteiger partial charge >= 0.3 is 0 Å². The predicted octanol–water partition coefficient (Wildman–Crippen LogP) is 3.31. The maximum atomic E-state index is 12.3. The molecule has 0 spiro atoms. The molecular formula is C9H12F2. The maximum absolute atomic E-state index is 12.3. The molecule has 0 saturated heterocycles.